The maximum Gasteiger partial charge on any atom is 0.111 e. The molecule has 16 heavy (non-hydrogen) atoms. The summed E-state index contributed by atoms with van der Waals surface area (Å²) in [6, 6.07) is 8.66. The Morgan fingerprint density at radius 2 is 2.00 bits per heavy atom. The summed E-state index contributed by atoms with van der Waals surface area (Å²) < 4.78 is 1.27. The van der Waals surface area contributed by atoms with Crippen molar-refractivity contribution in [1.82, 2.24) is 10.3 Å². The lowest BCUT2D eigenvalue weighted by atomic mass is 10.2. The molecule has 0 fully saturated rings. The van der Waals surface area contributed by atoms with Crippen molar-refractivity contribution in [1.29, 1.82) is 0 Å². The number of para-hydroxylation sites is 1. The van der Waals surface area contributed by atoms with Gasteiger partial charge in [-0.2, -0.15) is 0 Å². The Morgan fingerprint density at radius 3 is 2.69 bits per heavy atom. The molecule has 3 heteroatoms. The summed E-state index contributed by atoms with van der Waals surface area (Å²) in [4.78, 5) is 4.65. The van der Waals surface area contributed by atoms with Crippen molar-refractivity contribution in [3.63, 3.8) is 0 Å². The zero-order valence-electron chi connectivity index (χ0n) is 10.0. The minimum Gasteiger partial charge on any atom is -0.308 e. The van der Waals surface area contributed by atoms with E-state index in [-0.39, 0.29) is 0 Å². The summed E-state index contributed by atoms with van der Waals surface area (Å²) in [7, 11) is 0. The van der Waals surface area contributed by atoms with Gasteiger partial charge in [0.1, 0.15) is 5.01 Å². The number of rotatable bonds is 4. The molecule has 1 aromatic heterocycles. The molecular weight excluding hydrogens is 216 g/mol. The molecule has 1 aromatic carbocycles. The third-order valence-electron chi connectivity index (χ3n) is 2.51. The van der Waals surface area contributed by atoms with Gasteiger partial charge in [-0.3, -0.25) is 0 Å². The zero-order valence-corrected chi connectivity index (χ0v) is 10.8. The van der Waals surface area contributed by atoms with Crippen molar-refractivity contribution in [3.8, 4) is 0 Å². The van der Waals surface area contributed by atoms with E-state index in [2.05, 4.69) is 49.3 Å². The molecule has 0 aliphatic heterocycles. The van der Waals surface area contributed by atoms with Crippen LogP contribution in [-0.4, -0.2) is 11.5 Å². The molecule has 0 radical (unpaired) electrons. The van der Waals surface area contributed by atoms with Gasteiger partial charge in [0.05, 0.1) is 16.3 Å². The van der Waals surface area contributed by atoms with Gasteiger partial charge >= 0.3 is 0 Å². The van der Waals surface area contributed by atoms with Crippen LogP contribution in [0, 0.1) is 5.92 Å². The summed E-state index contributed by atoms with van der Waals surface area (Å²) in [5.41, 5.74) is 1.11. The maximum atomic E-state index is 4.65. The standard InChI is InChI=1S/C13H18N2S/c1-9(2)8-14-10(3)13-15-11-6-4-5-7-12(11)16-13/h4-7,9-10,14H,8H2,1-3H3. The van der Waals surface area contributed by atoms with Crippen molar-refractivity contribution in [2.45, 2.75) is 26.8 Å². The van der Waals surface area contributed by atoms with E-state index in [0.717, 1.165) is 12.1 Å². The molecule has 0 spiro atoms. The first-order valence-electron chi connectivity index (χ1n) is 5.75. The molecule has 1 atom stereocenters. The third-order valence-corrected chi connectivity index (χ3v) is 3.73. The first-order valence-corrected chi connectivity index (χ1v) is 6.57. The Morgan fingerprint density at radius 1 is 1.25 bits per heavy atom. The van der Waals surface area contributed by atoms with E-state index in [1.165, 1.54) is 9.71 Å². The summed E-state index contributed by atoms with van der Waals surface area (Å²) in [6.07, 6.45) is 0. The molecule has 0 amide bonds. The van der Waals surface area contributed by atoms with Crippen LogP contribution >= 0.6 is 11.3 Å². The molecule has 0 aliphatic carbocycles. The summed E-state index contributed by atoms with van der Waals surface area (Å²) in [5.74, 6) is 0.678. The predicted octanol–water partition coefficient (Wildman–Crippen LogP) is 3.60. The van der Waals surface area contributed by atoms with E-state index in [4.69, 9.17) is 0 Å². The first kappa shape index (κ1) is 11.6. The average Bonchev–Trinajstić information content (AvgIpc) is 2.69. The average molecular weight is 234 g/mol. The molecule has 1 unspecified atom stereocenters. The van der Waals surface area contributed by atoms with Crippen LogP contribution in [0.5, 0.6) is 0 Å². The topological polar surface area (TPSA) is 24.9 Å². The Bertz CT molecular complexity index is 429. The van der Waals surface area contributed by atoms with Gasteiger partial charge in [0.25, 0.3) is 0 Å². The fourth-order valence-corrected chi connectivity index (χ4v) is 2.57. The van der Waals surface area contributed by atoms with Crippen LogP contribution < -0.4 is 5.32 Å². The molecule has 2 nitrogen and oxygen atoms in total. The normalized spacial score (nSPS) is 13.5. The highest BCUT2D eigenvalue weighted by atomic mass is 32.1. The summed E-state index contributed by atoms with van der Waals surface area (Å²) in [5, 5.41) is 4.69. The monoisotopic (exact) mass is 234 g/mol. The highest BCUT2D eigenvalue weighted by Crippen LogP contribution is 2.25. The number of benzene rings is 1. The van der Waals surface area contributed by atoms with Crippen molar-refractivity contribution < 1.29 is 0 Å². The fourth-order valence-electron chi connectivity index (χ4n) is 1.58. The molecule has 2 rings (SSSR count). The van der Waals surface area contributed by atoms with Crippen molar-refractivity contribution in [2.75, 3.05) is 6.54 Å². The van der Waals surface area contributed by atoms with Crippen LogP contribution in [0.15, 0.2) is 24.3 Å². The molecule has 0 saturated heterocycles. The largest absolute Gasteiger partial charge is 0.308 e. The number of thiazole rings is 1. The van der Waals surface area contributed by atoms with Gasteiger partial charge < -0.3 is 5.32 Å². The van der Waals surface area contributed by atoms with Crippen molar-refractivity contribution in [3.05, 3.63) is 29.3 Å². The minimum absolute atomic E-state index is 0.347. The van der Waals surface area contributed by atoms with Crippen LogP contribution in [0.1, 0.15) is 31.8 Å². The number of hydrogen-bond donors (Lipinski definition) is 1. The summed E-state index contributed by atoms with van der Waals surface area (Å²) in [6.45, 7) is 7.66. The molecule has 1 heterocycles. The van der Waals surface area contributed by atoms with E-state index in [0.29, 0.717) is 12.0 Å². The lowest BCUT2D eigenvalue weighted by molar-refractivity contribution is 0.495. The second-order valence-electron chi connectivity index (χ2n) is 4.54. The number of nitrogens with one attached hydrogen (secondary N) is 1. The fraction of sp³-hybridized carbons (Fsp3) is 0.462. The van der Waals surface area contributed by atoms with Crippen LogP contribution in [0.2, 0.25) is 0 Å². The first-order chi connectivity index (χ1) is 7.66. The quantitative estimate of drug-likeness (QED) is 0.874. The van der Waals surface area contributed by atoms with Crippen LogP contribution in [0.25, 0.3) is 10.2 Å². The lowest BCUT2D eigenvalue weighted by Crippen LogP contribution is -2.23. The molecule has 1 N–H and O–H groups in total. The number of hydrogen-bond acceptors (Lipinski definition) is 3. The minimum atomic E-state index is 0.347. The van der Waals surface area contributed by atoms with E-state index in [1.807, 2.05) is 6.07 Å². The Labute approximate surface area is 101 Å². The number of nitrogens with zero attached hydrogens (tertiary/aromatic N) is 1. The van der Waals surface area contributed by atoms with Crippen LogP contribution in [0.3, 0.4) is 0 Å². The maximum absolute atomic E-state index is 4.65. The molecule has 0 saturated carbocycles. The Hall–Kier alpha value is -0.930. The van der Waals surface area contributed by atoms with Crippen LogP contribution in [-0.2, 0) is 0 Å². The molecule has 0 bridgehead atoms. The second-order valence-corrected chi connectivity index (χ2v) is 5.61. The van der Waals surface area contributed by atoms with Gasteiger partial charge in [-0.1, -0.05) is 26.0 Å². The Kier molecular flexibility index (Phi) is 3.56. The van der Waals surface area contributed by atoms with E-state index in [9.17, 15) is 0 Å². The highest BCUT2D eigenvalue weighted by molar-refractivity contribution is 7.18. The summed E-state index contributed by atoms with van der Waals surface area (Å²) >= 11 is 1.78. The van der Waals surface area contributed by atoms with Crippen molar-refractivity contribution >= 4 is 21.6 Å². The number of aromatic nitrogens is 1. The van der Waals surface area contributed by atoms with Gasteiger partial charge in [0.2, 0.25) is 0 Å². The Balaban J connectivity index is 2.13. The zero-order chi connectivity index (χ0) is 11.5. The lowest BCUT2D eigenvalue weighted by Gasteiger charge is -2.12. The van der Waals surface area contributed by atoms with Gasteiger partial charge in [-0.05, 0) is 31.5 Å². The van der Waals surface area contributed by atoms with E-state index < -0.39 is 0 Å². The molecule has 0 aliphatic rings. The smallest absolute Gasteiger partial charge is 0.111 e. The number of fused-ring (bicyclic) bond motifs is 1. The van der Waals surface area contributed by atoms with Crippen LogP contribution in [0.4, 0.5) is 0 Å². The molecular formula is C13H18N2S. The van der Waals surface area contributed by atoms with Gasteiger partial charge in [-0.15, -0.1) is 11.3 Å². The second kappa shape index (κ2) is 4.93. The predicted molar refractivity (Wildman–Crippen MR) is 70.9 cm³/mol. The third kappa shape index (κ3) is 2.60. The molecule has 2 aromatic rings. The van der Waals surface area contributed by atoms with Gasteiger partial charge in [0.15, 0.2) is 0 Å². The van der Waals surface area contributed by atoms with Crippen molar-refractivity contribution in [2.24, 2.45) is 5.92 Å². The SMILES string of the molecule is CC(C)CNC(C)c1nc2ccccc2s1. The highest BCUT2D eigenvalue weighted by Gasteiger charge is 2.10. The van der Waals surface area contributed by atoms with Gasteiger partial charge in [0, 0.05) is 0 Å². The van der Waals surface area contributed by atoms with Gasteiger partial charge in [-0.25, -0.2) is 4.98 Å². The van der Waals surface area contributed by atoms with E-state index >= 15 is 0 Å². The molecule has 86 valence electrons. The van der Waals surface area contributed by atoms with E-state index in [1.54, 1.807) is 11.3 Å².